The molecule has 0 fully saturated rings. The molecule has 44 nitrogen and oxygen atoms in total. The highest BCUT2D eigenvalue weighted by Gasteiger charge is 2.33. The lowest BCUT2D eigenvalue weighted by Crippen LogP contribution is -2.50. The minimum atomic E-state index is -1.64. The number of carboxylic acid groups (broad SMARTS) is 10. The Morgan fingerprint density at radius 3 is 1.16 bits per heavy atom. The number of carboxylic acids is 10. The maximum Gasteiger partial charge on any atom is 0.326 e. The molecule has 774 valence electrons. The fraction of sp³-hybridized carbons (Fsp3) is 0.500. The zero-order chi connectivity index (χ0) is 95.3. The van der Waals surface area contributed by atoms with Crippen molar-refractivity contribution in [2.45, 2.75) is 230 Å². The highest BCUT2D eigenvalue weighted by atomic mass is 32.1. The predicted octanol–water partition coefficient (Wildman–Crippen LogP) is 5.40. The molecule has 0 unspecified atom stereocenters. The number of Topliss-reactive ketones (excluding diaryl/α,β-unsaturated/α-hetero) is 4. The molecule has 55 heteroatoms. The summed E-state index contributed by atoms with van der Waals surface area (Å²) in [5.41, 5.74) is 9.34. The van der Waals surface area contributed by atoms with E-state index in [0.717, 1.165) is 23.6 Å². The maximum atomic E-state index is 14.1. The lowest BCUT2D eigenvalue weighted by Gasteiger charge is -2.18. The number of nitrogens with zero attached hydrogens (tertiary/aromatic N) is 1. The molecule has 0 saturated heterocycles. The number of hydrogen-bond acceptors (Lipinski definition) is 24. The molecule has 4 rings (SSSR count). The van der Waals surface area contributed by atoms with Gasteiger partial charge in [-0.05, 0) is 125 Å². The Bertz CT molecular complexity index is 4680. The summed E-state index contributed by atoms with van der Waals surface area (Å²) in [7, 11) is 0. The first-order chi connectivity index (χ1) is 59.8. The van der Waals surface area contributed by atoms with Gasteiger partial charge in [-0.15, -0.1) is 0 Å². The second kappa shape index (κ2) is 74.5. The number of urea groups is 1. The molecule has 4 aromatic rings. The van der Waals surface area contributed by atoms with Crippen LogP contribution in [0.4, 0.5) is 26.4 Å². The molecule has 0 spiro atoms. The number of anilines is 3. The number of rotatable bonds is 61. The number of ketones is 4. The van der Waals surface area contributed by atoms with Crippen molar-refractivity contribution in [1.82, 2.24) is 42.1 Å². The first-order valence-electron chi connectivity index (χ1n) is 40.3. The number of aromatic nitrogens is 2. The Morgan fingerprint density at radius 2 is 0.781 bits per heavy atom. The summed E-state index contributed by atoms with van der Waals surface area (Å²) in [6.45, 7) is 4.78. The number of H-pyrrole nitrogens is 1. The van der Waals surface area contributed by atoms with Crippen molar-refractivity contribution < 1.29 is 161 Å². The predicted molar refractivity (Wildman–Crippen MR) is 545 cm³/mol. The van der Waals surface area contributed by atoms with Gasteiger partial charge in [-0.25, -0.2) is 33.2 Å². The van der Waals surface area contributed by atoms with Crippen molar-refractivity contribution in [3.63, 3.8) is 0 Å². The van der Waals surface area contributed by atoms with Crippen molar-refractivity contribution in [2.24, 2.45) is 29.4 Å². The van der Waals surface area contributed by atoms with E-state index >= 15 is 0 Å². The van der Waals surface area contributed by atoms with E-state index in [1.54, 1.807) is 50.2 Å². The molecule has 22 N–H and O–H groups in total. The summed E-state index contributed by atoms with van der Waals surface area (Å²) in [5.74, 6) is -27.5. The average molecular weight is 2130 g/mol. The Labute approximate surface area is 856 Å². The fourth-order valence-corrected chi connectivity index (χ4v) is 12.7. The van der Waals surface area contributed by atoms with Gasteiger partial charge in [0, 0.05) is 103 Å². The number of benzene rings is 3. The Balaban J connectivity index is -0.000000412. The van der Waals surface area contributed by atoms with Gasteiger partial charge in [0.15, 0.2) is 5.82 Å². The van der Waals surface area contributed by atoms with Gasteiger partial charge in [0.1, 0.15) is 59.2 Å². The SMILES string of the molecule is CC(=O)N[C@@H](CCC(=O)C[C@@H](CCC(=O)N[C@@H](CCC(=O)C[C@@H](CCC(=O)N[C@@H](CCC(=O)O)C(=O)O)C(=O)O)C(=O)O)C(=O)O)C(=O)O.CCC[C@H](CC(=O)CC[C@H](NC(=O)CC[C@H](CC(=O)CC[C@H](NC(=O)[C@@H](N)CC(=O)NCCCCCC(=O)Nc1n[nH]c2cccc(-c3ccc(NC(=O)Nc4cc(C)ccc4F)cc3)c12)C(=O)O)C(=O)O)C(=O)O)C(=O)O.S.S.S.S.S.S.S.S.S.S. The van der Waals surface area contributed by atoms with Gasteiger partial charge in [-0.1, -0.05) is 50.1 Å². The standard InChI is InChI=1S/C53H66FN9O15.C29H41N3O17.10H2S/c1-3-8-31(49(70)71)26-34(64)18-21-40(51(74)75)58-44(67)23-15-32(50(72)73)27-35(65)19-22-41(52(76)77)59-48(69)38(55)28-45(68)56-24-6-4-5-11-43(66)61-47-46-36(9-7-10-39(46)62-63-47)30-13-16-33(17-14-30)57-53(78)60-42-25-29(2)12-20-37(42)54;1-14(33)30-19(27(44)45)6-4-17(34)12-15(25(40)41)2-9-22(36)31-20(28(46)47)7-5-18(35)13-16(26(42)43)3-10-23(37)32-21(29(48)49)8-11-24(38)39;;;;;;;;;;/h7,9-10,12-14,16-17,20,25,31-32,38,40-41H,3-6,8,11,15,18-19,21-24,26-28,55H2,1-2H3,(H,56,68)(H,58,67)(H,59,69)(H,70,71)(H,72,73)(H,74,75)(H,76,77)(H2,57,60,78)(H2,61,62,63,66);15-16,19-21H,2-13H2,1H3,(H,30,33)(H,31,36)(H,32,37)(H,38,39)(H,40,41)(H,42,43)(H,44,45)(H,46,47)(H,48,49);10*1H2/t31-,32-,38+,40+,41+;15-,16-,19+,20+,21+;;;;;;;;;;/m11........../s1. The number of fused-ring (bicyclic) bond motifs is 1. The van der Waals surface area contributed by atoms with Crippen molar-refractivity contribution in [3.8, 4) is 11.1 Å². The number of carbonyl (C=O) groups is 22. The highest BCUT2D eigenvalue weighted by Crippen LogP contribution is 2.34. The van der Waals surface area contributed by atoms with Crippen molar-refractivity contribution in [2.75, 3.05) is 22.5 Å². The summed E-state index contributed by atoms with van der Waals surface area (Å²) in [5, 5.41) is 123. The topological polar surface area (TPSA) is 741 Å². The lowest BCUT2D eigenvalue weighted by molar-refractivity contribution is -0.145. The van der Waals surface area contributed by atoms with Gasteiger partial charge >= 0.3 is 65.7 Å². The number of aromatic amines is 1. The first-order valence-corrected chi connectivity index (χ1v) is 40.3. The molecule has 9 amide bonds. The van der Waals surface area contributed by atoms with E-state index in [4.69, 9.17) is 21.1 Å². The van der Waals surface area contributed by atoms with Gasteiger partial charge in [-0.3, -0.25) is 81.8 Å². The molecule has 0 aliphatic rings. The zero-order valence-corrected chi connectivity index (χ0v) is 84.7. The van der Waals surface area contributed by atoms with E-state index in [1.807, 2.05) is 12.1 Å². The molecule has 137 heavy (non-hydrogen) atoms. The van der Waals surface area contributed by atoms with Crippen LogP contribution in [0.1, 0.15) is 193 Å². The van der Waals surface area contributed by atoms with Crippen LogP contribution in [0.15, 0.2) is 60.7 Å². The van der Waals surface area contributed by atoms with Gasteiger partial charge in [0.25, 0.3) is 0 Å². The van der Waals surface area contributed by atoms with Crippen LogP contribution >= 0.6 is 135 Å². The van der Waals surface area contributed by atoms with Crippen molar-refractivity contribution in [1.29, 1.82) is 0 Å². The number of nitrogens with one attached hydrogen (secondary N) is 10. The Kier molecular flexibility index (Phi) is 77.2. The van der Waals surface area contributed by atoms with E-state index in [2.05, 4.69) is 58.0 Å². The van der Waals surface area contributed by atoms with Crippen LogP contribution in [-0.4, -0.2) is 234 Å². The molecule has 0 aliphatic heterocycles. The number of aryl methyl sites for hydroxylation is 1. The number of amides is 9. The number of hydrogen-bond donors (Lipinski definition) is 21. The van der Waals surface area contributed by atoms with E-state index in [9.17, 15) is 146 Å². The second-order valence-corrected chi connectivity index (χ2v) is 29.9. The quantitative estimate of drug-likeness (QED) is 0.0246. The average Bonchev–Trinajstić information content (AvgIpc) is 1.65. The molecule has 1 heterocycles. The molecule has 10 atom stereocenters. The summed E-state index contributed by atoms with van der Waals surface area (Å²) in [4.78, 5) is 264. The first kappa shape index (κ1) is 142. The van der Waals surface area contributed by atoms with Gasteiger partial charge in [0.2, 0.25) is 41.4 Å². The number of nitrogens with two attached hydrogens (primary N) is 1. The molecular weight excluding hydrogens is 2000 g/mol. The second-order valence-electron chi connectivity index (χ2n) is 29.9. The van der Waals surface area contributed by atoms with Crippen LogP contribution in [0.5, 0.6) is 0 Å². The third kappa shape index (κ3) is 56.8. The maximum absolute atomic E-state index is 14.1. The molecular formula is C82H127FN12O32S10. The summed E-state index contributed by atoms with van der Waals surface area (Å²) in [6, 6.07) is 6.99. The third-order valence-electron chi connectivity index (χ3n) is 19.6. The van der Waals surface area contributed by atoms with Crippen LogP contribution in [-0.2, 0) is 101 Å². The Morgan fingerprint density at radius 1 is 0.394 bits per heavy atom. The van der Waals surface area contributed by atoms with Crippen LogP contribution < -0.4 is 53.6 Å². The fourth-order valence-electron chi connectivity index (χ4n) is 12.7. The molecule has 3 aromatic carbocycles. The molecule has 1 aromatic heterocycles. The largest absolute Gasteiger partial charge is 0.481 e. The van der Waals surface area contributed by atoms with Gasteiger partial charge in [0.05, 0.1) is 52.7 Å². The van der Waals surface area contributed by atoms with E-state index in [-0.39, 0.29) is 198 Å². The van der Waals surface area contributed by atoms with Crippen LogP contribution in [0.3, 0.4) is 0 Å². The highest BCUT2D eigenvalue weighted by molar-refractivity contribution is 7.60. The molecule has 0 aliphatic carbocycles. The third-order valence-corrected chi connectivity index (χ3v) is 19.6. The number of aliphatic carboxylic acids is 10. The number of halogens is 1. The van der Waals surface area contributed by atoms with Crippen LogP contribution in [0.25, 0.3) is 22.0 Å². The number of carbonyl (C=O) groups excluding carboxylic acids is 12. The monoisotopic (exact) mass is 2130 g/mol. The van der Waals surface area contributed by atoms with Crippen LogP contribution in [0.2, 0.25) is 0 Å². The minimum Gasteiger partial charge on any atom is -0.481 e. The zero-order valence-electron chi connectivity index (χ0n) is 74.7. The lowest BCUT2D eigenvalue weighted by atomic mass is 9.93. The van der Waals surface area contributed by atoms with Gasteiger partial charge in [-0.2, -0.15) is 140 Å². The molecule has 0 saturated carbocycles. The van der Waals surface area contributed by atoms with Gasteiger partial charge < -0.3 is 105 Å². The number of unbranched alkanes of at least 4 members (excludes halogenated alkanes) is 2. The van der Waals surface area contributed by atoms with Crippen molar-refractivity contribution in [3.05, 3.63) is 72.0 Å². The van der Waals surface area contributed by atoms with Crippen molar-refractivity contribution >= 4 is 293 Å². The van der Waals surface area contributed by atoms with E-state index in [0.29, 0.717) is 48.1 Å². The summed E-state index contributed by atoms with van der Waals surface area (Å²) in [6.07, 6.45) is -7.31. The van der Waals surface area contributed by atoms with E-state index < -0.39 is 293 Å². The smallest absolute Gasteiger partial charge is 0.326 e. The molecule has 0 bridgehead atoms. The van der Waals surface area contributed by atoms with Crippen LogP contribution in [0, 0.1) is 36.4 Å². The summed E-state index contributed by atoms with van der Waals surface area (Å²) >= 11 is 0. The Hall–Kier alpha value is -10.5. The van der Waals surface area contributed by atoms with E-state index in [1.165, 1.54) is 12.1 Å². The minimum absolute atomic E-state index is 0. The molecule has 0 radical (unpaired) electrons. The normalized spacial score (nSPS) is 12.3. The summed E-state index contributed by atoms with van der Waals surface area (Å²) < 4.78 is 14.1.